The maximum Gasteiger partial charge on any atom is 0.360 e. The normalized spacial score (nSPS) is 18.7. The van der Waals surface area contributed by atoms with Crippen LogP contribution in [0.3, 0.4) is 0 Å². The fraction of sp³-hybridized carbons (Fsp3) is 0.667. The van der Waals surface area contributed by atoms with Crippen molar-refractivity contribution in [1.82, 2.24) is 20.3 Å². The average Bonchev–Trinajstić information content (AvgIpc) is 2.95. The minimum atomic E-state index is -0.481. The van der Waals surface area contributed by atoms with E-state index in [0.717, 1.165) is 12.1 Å². The van der Waals surface area contributed by atoms with Gasteiger partial charge in [-0.05, 0) is 12.3 Å². The van der Waals surface area contributed by atoms with E-state index < -0.39 is 5.97 Å². The Labute approximate surface area is 111 Å². The molecule has 0 saturated carbocycles. The highest BCUT2D eigenvalue weighted by molar-refractivity contribution is 5.88. The van der Waals surface area contributed by atoms with E-state index in [1.54, 1.807) is 4.68 Å². The van der Waals surface area contributed by atoms with Gasteiger partial charge in [0.1, 0.15) is 0 Å². The molecule has 0 spiro atoms. The fourth-order valence-electron chi connectivity index (χ4n) is 2.29. The first kappa shape index (κ1) is 13.5. The summed E-state index contributed by atoms with van der Waals surface area (Å²) < 4.78 is 6.39. The number of carbonyl (C=O) groups is 2. The van der Waals surface area contributed by atoms with Gasteiger partial charge in [0.15, 0.2) is 5.69 Å². The van der Waals surface area contributed by atoms with Crippen LogP contribution >= 0.6 is 0 Å². The third-order valence-electron chi connectivity index (χ3n) is 3.18. The summed E-state index contributed by atoms with van der Waals surface area (Å²) in [5, 5.41) is 10.8. The Bertz CT molecular complexity index is 495. The third-order valence-corrected chi connectivity index (χ3v) is 3.18. The van der Waals surface area contributed by atoms with Crippen LogP contribution in [-0.4, -0.2) is 40.0 Å². The summed E-state index contributed by atoms with van der Waals surface area (Å²) in [6.07, 6.45) is 1.32. The topological polar surface area (TPSA) is 86.1 Å². The van der Waals surface area contributed by atoms with Crippen LogP contribution in [0.15, 0.2) is 0 Å². The molecule has 0 aliphatic carbocycles. The molecule has 1 fully saturated rings. The molecule has 1 atom stereocenters. The van der Waals surface area contributed by atoms with Gasteiger partial charge in [0.05, 0.1) is 19.3 Å². The lowest BCUT2D eigenvalue weighted by molar-refractivity contribution is -0.119. The average molecular weight is 266 g/mol. The zero-order chi connectivity index (χ0) is 14.0. The highest BCUT2D eigenvalue weighted by Gasteiger charge is 2.26. The maximum atomic E-state index is 11.6. The molecule has 1 aliphatic heterocycles. The van der Waals surface area contributed by atoms with E-state index in [1.165, 1.54) is 7.11 Å². The van der Waals surface area contributed by atoms with Crippen LogP contribution in [0.25, 0.3) is 0 Å². The Kier molecular flexibility index (Phi) is 3.82. The summed E-state index contributed by atoms with van der Waals surface area (Å²) in [4.78, 5) is 22.8. The van der Waals surface area contributed by atoms with Gasteiger partial charge in [-0.15, -0.1) is 5.10 Å². The molecule has 104 valence electrons. The molecule has 7 heteroatoms. The van der Waals surface area contributed by atoms with E-state index in [9.17, 15) is 9.59 Å². The third kappa shape index (κ3) is 2.74. The van der Waals surface area contributed by atoms with Crippen molar-refractivity contribution in [2.45, 2.75) is 45.2 Å². The number of rotatable bonds is 4. The monoisotopic (exact) mass is 266 g/mol. The molecule has 1 aromatic heterocycles. The van der Waals surface area contributed by atoms with Crippen LogP contribution in [-0.2, 0) is 16.1 Å². The van der Waals surface area contributed by atoms with Crippen molar-refractivity contribution in [3.05, 3.63) is 11.4 Å². The number of methoxy groups -OCH3 is 1. The number of hydrogen-bond acceptors (Lipinski definition) is 5. The summed E-state index contributed by atoms with van der Waals surface area (Å²) >= 11 is 0. The van der Waals surface area contributed by atoms with Crippen LogP contribution < -0.4 is 5.32 Å². The molecule has 1 amide bonds. The number of amides is 1. The van der Waals surface area contributed by atoms with Gasteiger partial charge in [0, 0.05) is 12.5 Å². The summed E-state index contributed by atoms with van der Waals surface area (Å²) in [6.45, 7) is 4.47. The first-order valence-electron chi connectivity index (χ1n) is 6.34. The fourth-order valence-corrected chi connectivity index (χ4v) is 2.29. The number of nitrogens with zero attached hydrogens (tertiary/aromatic N) is 3. The lowest BCUT2D eigenvalue weighted by Gasteiger charge is -2.14. The van der Waals surface area contributed by atoms with Gasteiger partial charge in [-0.25, -0.2) is 9.48 Å². The Morgan fingerprint density at radius 2 is 2.32 bits per heavy atom. The molecule has 1 saturated heterocycles. The van der Waals surface area contributed by atoms with Crippen LogP contribution in [0.4, 0.5) is 0 Å². The van der Waals surface area contributed by atoms with Crippen molar-refractivity contribution in [2.75, 3.05) is 7.11 Å². The van der Waals surface area contributed by atoms with E-state index in [2.05, 4.69) is 15.6 Å². The van der Waals surface area contributed by atoms with Crippen molar-refractivity contribution in [3.8, 4) is 0 Å². The Balaban J connectivity index is 2.23. The second-order valence-electron chi connectivity index (χ2n) is 4.95. The minimum absolute atomic E-state index is 0.0530. The predicted octanol–water partition coefficient (Wildman–Crippen LogP) is 0.467. The van der Waals surface area contributed by atoms with Crippen molar-refractivity contribution in [2.24, 2.45) is 0 Å². The predicted molar refractivity (Wildman–Crippen MR) is 66.6 cm³/mol. The Morgan fingerprint density at radius 1 is 1.58 bits per heavy atom. The lowest BCUT2D eigenvalue weighted by atomic mass is 10.1. The van der Waals surface area contributed by atoms with Crippen molar-refractivity contribution in [1.29, 1.82) is 0 Å². The van der Waals surface area contributed by atoms with Crippen molar-refractivity contribution in [3.63, 3.8) is 0 Å². The number of carbonyl (C=O) groups excluding carboxylic acids is 2. The number of aromatic nitrogens is 3. The summed E-state index contributed by atoms with van der Waals surface area (Å²) in [5.74, 6) is -0.323. The molecule has 1 unspecified atom stereocenters. The molecule has 7 nitrogen and oxygen atoms in total. The van der Waals surface area contributed by atoms with Crippen LogP contribution in [0.5, 0.6) is 0 Å². The van der Waals surface area contributed by atoms with E-state index in [4.69, 9.17) is 4.74 Å². The first-order chi connectivity index (χ1) is 9.02. The largest absolute Gasteiger partial charge is 0.464 e. The number of ether oxygens (including phenoxy) is 1. The van der Waals surface area contributed by atoms with Crippen molar-refractivity contribution < 1.29 is 14.3 Å². The quantitative estimate of drug-likeness (QED) is 0.800. The molecule has 2 rings (SSSR count). The summed E-state index contributed by atoms with van der Waals surface area (Å²) in [6, 6.07) is 0.0530. The molecule has 0 aromatic carbocycles. The lowest BCUT2D eigenvalue weighted by Crippen LogP contribution is -2.30. The number of esters is 1. The SMILES string of the molecule is COC(=O)c1nnn(CC2CCC(=O)N2)c1C(C)C. The second kappa shape index (κ2) is 5.38. The molecular weight excluding hydrogens is 248 g/mol. The summed E-state index contributed by atoms with van der Waals surface area (Å²) in [7, 11) is 1.32. The smallest absolute Gasteiger partial charge is 0.360 e. The van der Waals surface area contributed by atoms with Gasteiger partial charge in [-0.1, -0.05) is 19.1 Å². The summed E-state index contributed by atoms with van der Waals surface area (Å²) in [5.41, 5.74) is 0.995. The maximum absolute atomic E-state index is 11.6. The Morgan fingerprint density at radius 3 is 2.84 bits per heavy atom. The van der Waals surface area contributed by atoms with E-state index in [0.29, 0.717) is 13.0 Å². The highest BCUT2D eigenvalue weighted by Crippen LogP contribution is 2.20. The molecule has 0 radical (unpaired) electrons. The van der Waals surface area contributed by atoms with Gasteiger partial charge in [0.2, 0.25) is 5.91 Å². The standard InChI is InChI=1S/C12H18N4O3/c1-7(2)11-10(12(18)19-3)14-15-16(11)6-8-4-5-9(17)13-8/h7-8H,4-6H2,1-3H3,(H,13,17). The van der Waals surface area contributed by atoms with E-state index in [-0.39, 0.29) is 23.6 Å². The molecule has 1 aromatic rings. The van der Waals surface area contributed by atoms with E-state index in [1.807, 2.05) is 13.8 Å². The molecular formula is C12H18N4O3. The van der Waals surface area contributed by atoms with Crippen LogP contribution in [0.2, 0.25) is 0 Å². The molecule has 0 bridgehead atoms. The van der Waals surface area contributed by atoms with Crippen molar-refractivity contribution >= 4 is 11.9 Å². The number of nitrogens with one attached hydrogen (secondary N) is 1. The number of hydrogen-bond donors (Lipinski definition) is 1. The molecule has 1 aliphatic rings. The highest BCUT2D eigenvalue weighted by atomic mass is 16.5. The molecule has 19 heavy (non-hydrogen) atoms. The second-order valence-corrected chi connectivity index (χ2v) is 4.95. The van der Waals surface area contributed by atoms with Gasteiger partial charge in [-0.3, -0.25) is 4.79 Å². The molecule has 2 heterocycles. The minimum Gasteiger partial charge on any atom is -0.464 e. The van der Waals surface area contributed by atoms with Crippen LogP contribution in [0, 0.1) is 0 Å². The van der Waals surface area contributed by atoms with E-state index >= 15 is 0 Å². The van der Waals surface area contributed by atoms with Crippen LogP contribution in [0.1, 0.15) is 48.8 Å². The zero-order valence-corrected chi connectivity index (χ0v) is 11.3. The van der Waals surface area contributed by atoms with Gasteiger partial charge in [0.25, 0.3) is 0 Å². The first-order valence-corrected chi connectivity index (χ1v) is 6.34. The van der Waals surface area contributed by atoms with Gasteiger partial charge < -0.3 is 10.1 Å². The molecule has 1 N–H and O–H groups in total. The van der Waals surface area contributed by atoms with Gasteiger partial charge in [-0.2, -0.15) is 0 Å². The van der Waals surface area contributed by atoms with Gasteiger partial charge >= 0.3 is 5.97 Å². The zero-order valence-electron chi connectivity index (χ0n) is 11.3. The Hall–Kier alpha value is -1.92.